The molecule has 0 aromatic heterocycles. The van der Waals surface area contributed by atoms with Crippen LogP contribution in [0.5, 0.6) is 0 Å². The van der Waals surface area contributed by atoms with Gasteiger partial charge in [-0.05, 0) is 67.3 Å². The first-order chi connectivity index (χ1) is 17.4. The lowest BCUT2D eigenvalue weighted by molar-refractivity contribution is -0.140. The minimum absolute atomic E-state index is 0.0406. The predicted molar refractivity (Wildman–Crippen MR) is 158 cm³/mol. The Kier molecular flexibility index (Phi) is 12.9. The zero-order valence-electron chi connectivity index (χ0n) is 24.3. The summed E-state index contributed by atoms with van der Waals surface area (Å²) in [5, 5.41) is 10.8. The van der Waals surface area contributed by atoms with Gasteiger partial charge < -0.3 is 14.3 Å². The molecular formula is C31H51ClO4Si. The van der Waals surface area contributed by atoms with E-state index in [4.69, 9.17) is 20.8 Å². The maximum absolute atomic E-state index is 11.4. The van der Waals surface area contributed by atoms with E-state index in [1.807, 2.05) is 0 Å². The van der Waals surface area contributed by atoms with Gasteiger partial charge in [-0.3, -0.25) is 4.79 Å². The van der Waals surface area contributed by atoms with Crippen molar-refractivity contribution in [2.45, 2.75) is 127 Å². The van der Waals surface area contributed by atoms with Gasteiger partial charge in [-0.25, -0.2) is 0 Å². The summed E-state index contributed by atoms with van der Waals surface area (Å²) in [6.45, 7) is 13.7. The molecule has 0 radical (unpaired) electrons. The number of allylic oxidation sites excluding steroid dienone is 2. The van der Waals surface area contributed by atoms with E-state index in [0.29, 0.717) is 6.42 Å². The number of carbonyl (C=O) groups excluding carboxylic acids is 1. The van der Waals surface area contributed by atoms with Gasteiger partial charge in [0.05, 0.1) is 19.3 Å². The van der Waals surface area contributed by atoms with Crippen molar-refractivity contribution in [2.24, 2.45) is 5.92 Å². The van der Waals surface area contributed by atoms with Crippen molar-refractivity contribution in [1.29, 1.82) is 0 Å². The van der Waals surface area contributed by atoms with Crippen LogP contribution >= 0.6 is 11.6 Å². The van der Waals surface area contributed by atoms with E-state index in [-0.39, 0.29) is 34.3 Å². The zero-order chi connectivity index (χ0) is 27.6. The first-order valence-electron chi connectivity index (χ1n) is 14.2. The molecule has 2 unspecified atom stereocenters. The standard InChI is InChI=1S/C31H51ClO4Si/c1-8-9-12-16-27(33)23-18-20-24(21-19-23)30-25(15-13-10-11-14-17-29(34)35-5)26(32)22-28(30)36-37(6,7)31(2,3)4/h10,13,18-21,25-28,30,33H,8-9,11-12,14-17,22H2,1-7H3/t25?,26-,27?,28-,30-/m1/s1. The maximum atomic E-state index is 11.4. The second-order valence-corrected chi connectivity index (χ2v) is 17.5. The molecule has 4 nitrogen and oxygen atoms in total. The maximum Gasteiger partial charge on any atom is 0.305 e. The van der Waals surface area contributed by atoms with E-state index in [1.165, 1.54) is 12.7 Å². The van der Waals surface area contributed by atoms with Crippen molar-refractivity contribution >= 4 is 25.9 Å². The quantitative estimate of drug-likeness (QED) is 0.0827. The van der Waals surface area contributed by atoms with Crippen LogP contribution < -0.4 is 0 Å². The van der Waals surface area contributed by atoms with Gasteiger partial charge in [-0.1, -0.05) is 83.4 Å². The number of ether oxygens (including phenoxy) is 1. The number of hydrogen-bond acceptors (Lipinski definition) is 4. The van der Waals surface area contributed by atoms with Crippen molar-refractivity contribution in [2.75, 3.05) is 7.11 Å². The van der Waals surface area contributed by atoms with E-state index in [1.54, 1.807) is 0 Å². The fraction of sp³-hybridized carbons (Fsp3) is 0.710. The number of methoxy groups -OCH3 is 1. The molecule has 0 saturated heterocycles. The topological polar surface area (TPSA) is 55.8 Å². The highest BCUT2D eigenvalue weighted by Gasteiger charge is 2.48. The van der Waals surface area contributed by atoms with Gasteiger partial charge in [0.1, 0.15) is 0 Å². The number of halogens is 1. The second-order valence-electron chi connectivity index (χ2n) is 12.2. The van der Waals surface area contributed by atoms with E-state index in [0.717, 1.165) is 56.9 Å². The lowest BCUT2D eigenvalue weighted by Gasteiger charge is -2.40. The Bertz CT molecular complexity index is 846. The number of alkyl halides is 1. The molecule has 1 fully saturated rings. The van der Waals surface area contributed by atoms with Gasteiger partial charge in [0.2, 0.25) is 0 Å². The molecule has 1 aromatic carbocycles. The number of rotatable bonds is 14. The molecule has 2 rings (SSSR count). The molecular weight excluding hydrogens is 500 g/mol. The highest BCUT2D eigenvalue weighted by Crippen LogP contribution is 2.49. The lowest BCUT2D eigenvalue weighted by Crippen LogP contribution is -2.44. The number of carbonyl (C=O) groups is 1. The van der Waals surface area contributed by atoms with E-state index in [2.05, 4.69) is 77.2 Å². The van der Waals surface area contributed by atoms with Crippen LogP contribution in [0.25, 0.3) is 0 Å². The van der Waals surface area contributed by atoms with Crippen molar-refractivity contribution in [1.82, 2.24) is 0 Å². The summed E-state index contributed by atoms with van der Waals surface area (Å²) in [6.07, 6.45) is 12.1. The van der Waals surface area contributed by atoms with Crippen LogP contribution in [0, 0.1) is 5.92 Å². The summed E-state index contributed by atoms with van der Waals surface area (Å²) in [5.41, 5.74) is 2.24. The molecule has 37 heavy (non-hydrogen) atoms. The summed E-state index contributed by atoms with van der Waals surface area (Å²) in [5.74, 6) is 0.325. The zero-order valence-corrected chi connectivity index (χ0v) is 26.0. The van der Waals surface area contributed by atoms with Crippen molar-refractivity contribution in [3.8, 4) is 0 Å². The molecule has 1 saturated carbocycles. The monoisotopic (exact) mass is 550 g/mol. The Balaban J connectivity index is 2.20. The Morgan fingerprint density at radius 3 is 2.43 bits per heavy atom. The largest absolute Gasteiger partial charge is 0.469 e. The summed E-state index contributed by atoms with van der Waals surface area (Å²) in [4.78, 5) is 11.4. The first-order valence-corrected chi connectivity index (χ1v) is 17.6. The summed E-state index contributed by atoms with van der Waals surface area (Å²) >= 11 is 7.01. The summed E-state index contributed by atoms with van der Waals surface area (Å²) < 4.78 is 11.7. The number of esters is 1. The van der Waals surface area contributed by atoms with Crippen LogP contribution in [0.3, 0.4) is 0 Å². The van der Waals surface area contributed by atoms with Crippen molar-refractivity contribution in [3.05, 3.63) is 47.5 Å². The third-order valence-electron chi connectivity index (χ3n) is 8.38. The molecule has 0 amide bonds. The van der Waals surface area contributed by atoms with Crippen LogP contribution in [0.4, 0.5) is 0 Å². The Morgan fingerprint density at radius 1 is 1.16 bits per heavy atom. The van der Waals surface area contributed by atoms with Gasteiger partial charge in [-0.2, -0.15) is 0 Å². The highest BCUT2D eigenvalue weighted by molar-refractivity contribution is 6.74. The number of benzene rings is 1. The van der Waals surface area contributed by atoms with Gasteiger partial charge in [-0.15, -0.1) is 11.6 Å². The van der Waals surface area contributed by atoms with Crippen molar-refractivity contribution < 1.29 is 19.1 Å². The van der Waals surface area contributed by atoms with Crippen LogP contribution in [0.2, 0.25) is 18.1 Å². The first kappa shape index (κ1) is 32.1. The van der Waals surface area contributed by atoms with Crippen LogP contribution in [0.15, 0.2) is 36.4 Å². The Morgan fingerprint density at radius 2 is 1.84 bits per heavy atom. The summed E-state index contributed by atoms with van der Waals surface area (Å²) in [7, 11) is -0.543. The average Bonchev–Trinajstić information content (AvgIpc) is 3.14. The highest BCUT2D eigenvalue weighted by atomic mass is 35.5. The Labute approximate surface area is 232 Å². The van der Waals surface area contributed by atoms with Crippen molar-refractivity contribution in [3.63, 3.8) is 0 Å². The third-order valence-corrected chi connectivity index (χ3v) is 13.4. The molecule has 210 valence electrons. The SMILES string of the molecule is CCCCCC(O)c1ccc([C@@H]2C(CC=CCCCC(=O)OC)[C@H](Cl)C[C@H]2O[Si](C)(C)C(C)(C)C)cc1. The lowest BCUT2D eigenvalue weighted by atomic mass is 9.84. The minimum atomic E-state index is -1.98. The van der Waals surface area contributed by atoms with Gasteiger partial charge in [0, 0.05) is 17.7 Å². The number of unbranched alkanes of at least 4 members (excludes halogenated alkanes) is 3. The van der Waals surface area contributed by atoms with Crippen LogP contribution in [0.1, 0.15) is 109 Å². The number of aliphatic hydroxyl groups excluding tert-OH is 1. The molecule has 1 aliphatic carbocycles. The molecule has 1 N–H and O–H groups in total. The minimum Gasteiger partial charge on any atom is -0.469 e. The second kappa shape index (κ2) is 14.9. The van der Waals surface area contributed by atoms with E-state index in [9.17, 15) is 9.90 Å². The number of aliphatic hydroxyl groups is 1. The molecule has 5 atom stereocenters. The van der Waals surface area contributed by atoms with Crippen LogP contribution in [-0.2, 0) is 14.0 Å². The van der Waals surface area contributed by atoms with Gasteiger partial charge >= 0.3 is 5.97 Å². The van der Waals surface area contributed by atoms with E-state index >= 15 is 0 Å². The predicted octanol–water partition coefficient (Wildman–Crippen LogP) is 8.69. The fourth-order valence-corrected chi connectivity index (χ4v) is 6.80. The van der Waals surface area contributed by atoms with Gasteiger partial charge in [0.25, 0.3) is 0 Å². The molecule has 0 aliphatic heterocycles. The van der Waals surface area contributed by atoms with Gasteiger partial charge in [0.15, 0.2) is 8.32 Å². The van der Waals surface area contributed by atoms with E-state index < -0.39 is 14.4 Å². The number of hydrogen-bond donors (Lipinski definition) is 1. The molecule has 0 spiro atoms. The normalized spacial score (nSPS) is 23.5. The fourth-order valence-electron chi connectivity index (χ4n) is 5.01. The molecule has 1 aliphatic rings. The smallest absolute Gasteiger partial charge is 0.305 e. The molecule has 0 heterocycles. The van der Waals surface area contributed by atoms with Crippen LogP contribution in [-0.4, -0.2) is 38.0 Å². The third kappa shape index (κ3) is 9.52. The Hall–Kier alpha value is -1.14. The average molecular weight is 551 g/mol. The molecule has 1 aromatic rings. The summed E-state index contributed by atoms with van der Waals surface area (Å²) in [6, 6.07) is 8.56. The molecule has 6 heteroatoms. The molecule has 0 bridgehead atoms.